The normalized spacial score (nSPS) is 17.2. The fourth-order valence-electron chi connectivity index (χ4n) is 5.35. The first kappa shape index (κ1) is 44.3. The molecule has 1 rings (SSSR count). The molecule has 0 saturated carbocycles. The van der Waals surface area contributed by atoms with Crippen molar-refractivity contribution in [2.24, 2.45) is 5.92 Å². The minimum atomic E-state index is -4.77. The average molecular weight is 699 g/mol. The maximum absolute atomic E-state index is 12.3. The number of epoxide rings is 1. The summed E-state index contributed by atoms with van der Waals surface area (Å²) in [6, 6.07) is 0. The molecule has 0 bridgehead atoms. The molecule has 2 unspecified atom stereocenters. The van der Waals surface area contributed by atoms with Gasteiger partial charge in [0.1, 0.15) is 6.61 Å². The third-order valence-corrected chi connectivity index (χ3v) is 8.75. The molecule has 0 aliphatic carbocycles. The van der Waals surface area contributed by atoms with E-state index in [1.165, 1.54) is 70.6 Å². The molecule has 0 aromatic carbocycles. The molecular weight excluding hydrogens is 631 g/mol. The van der Waals surface area contributed by atoms with E-state index in [4.69, 9.17) is 24.0 Å². The Morgan fingerprint density at radius 2 is 1.33 bits per heavy atom. The summed E-state index contributed by atoms with van der Waals surface area (Å²) in [4.78, 5) is 42.6. The monoisotopic (exact) mass is 698 g/mol. The highest BCUT2D eigenvalue weighted by molar-refractivity contribution is 7.46. The van der Waals surface area contributed by atoms with Gasteiger partial charge in [0.2, 0.25) is 0 Å². The number of allylic oxidation sites excluding steroid dienone is 5. The molecule has 48 heavy (non-hydrogen) atoms. The van der Waals surface area contributed by atoms with E-state index in [-0.39, 0.29) is 19.4 Å². The summed E-state index contributed by atoms with van der Waals surface area (Å²) in [5.41, 5.74) is 0. The lowest BCUT2D eigenvalue weighted by Crippen LogP contribution is -2.29. The summed E-state index contributed by atoms with van der Waals surface area (Å²) in [5, 5.41) is 0. The lowest BCUT2D eigenvalue weighted by Gasteiger charge is -2.18. The quantitative estimate of drug-likeness (QED) is 0.0232. The topological polar surface area (TPSA) is 132 Å². The van der Waals surface area contributed by atoms with Crippen molar-refractivity contribution in [3.63, 3.8) is 0 Å². The van der Waals surface area contributed by atoms with Crippen LogP contribution in [0.5, 0.6) is 0 Å². The van der Waals surface area contributed by atoms with Gasteiger partial charge < -0.3 is 24.0 Å². The third kappa shape index (κ3) is 29.2. The minimum Gasteiger partial charge on any atom is -0.462 e. The van der Waals surface area contributed by atoms with Crippen molar-refractivity contribution in [1.29, 1.82) is 0 Å². The SMILES string of the molecule is CCCCCC1OC1C/C=C\C/C=C\C/C=C\CCCC(=O)O[C@H](COC(=O)CCCCCCCCCCCC(C)C)COP(=O)(O)O. The maximum atomic E-state index is 12.3. The van der Waals surface area contributed by atoms with E-state index in [1.807, 2.05) is 6.08 Å². The van der Waals surface area contributed by atoms with Gasteiger partial charge in [0, 0.05) is 12.8 Å². The Hall–Kier alpha value is -1.77. The molecule has 2 N–H and O–H groups in total. The van der Waals surface area contributed by atoms with Crippen molar-refractivity contribution < 1.29 is 42.7 Å². The Morgan fingerprint density at radius 1 is 0.729 bits per heavy atom. The number of carbonyl (C=O) groups is 2. The summed E-state index contributed by atoms with van der Waals surface area (Å²) < 4.78 is 31.9. The number of carbonyl (C=O) groups excluding carboxylic acids is 2. The zero-order chi connectivity index (χ0) is 35.3. The Labute approximate surface area is 291 Å². The predicted molar refractivity (Wildman–Crippen MR) is 192 cm³/mol. The highest BCUT2D eigenvalue weighted by atomic mass is 31.2. The van der Waals surface area contributed by atoms with Crippen LogP contribution in [0.25, 0.3) is 0 Å². The fourth-order valence-corrected chi connectivity index (χ4v) is 5.71. The molecule has 0 aromatic rings. The second kappa shape index (κ2) is 29.0. The largest absolute Gasteiger partial charge is 0.469 e. The second-order valence-corrected chi connectivity index (χ2v) is 14.7. The number of unbranched alkanes of at least 4 members (excludes halogenated alkanes) is 11. The van der Waals surface area contributed by atoms with E-state index in [0.29, 0.717) is 31.5 Å². The lowest BCUT2D eigenvalue weighted by atomic mass is 10.0. The van der Waals surface area contributed by atoms with Crippen molar-refractivity contribution in [2.75, 3.05) is 13.2 Å². The summed E-state index contributed by atoms with van der Waals surface area (Å²) in [7, 11) is -4.77. The number of phosphoric ester groups is 1. The highest BCUT2D eigenvalue weighted by Gasteiger charge is 2.36. The number of phosphoric acid groups is 1. The minimum absolute atomic E-state index is 0.132. The molecule has 9 nitrogen and oxygen atoms in total. The molecule has 0 spiro atoms. The van der Waals surface area contributed by atoms with Crippen LogP contribution >= 0.6 is 7.82 Å². The number of hydrogen-bond donors (Lipinski definition) is 2. The fraction of sp³-hybridized carbons (Fsp3) is 0.789. The van der Waals surface area contributed by atoms with Gasteiger partial charge in [-0.15, -0.1) is 0 Å². The first-order valence-corrected chi connectivity index (χ1v) is 20.3. The van der Waals surface area contributed by atoms with Crippen LogP contribution in [-0.2, 0) is 32.9 Å². The van der Waals surface area contributed by atoms with Gasteiger partial charge in [0.15, 0.2) is 6.10 Å². The number of ether oxygens (including phenoxy) is 3. The van der Waals surface area contributed by atoms with Crippen molar-refractivity contribution in [2.45, 2.75) is 174 Å². The van der Waals surface area contributed by atoms with E-state index in [2.05, 4.69) is 55.7 Å². The molecule has 1 saturated heterocycles. The van der Waals surface area contributed by atoms with Crippen LogP contribution in [0.15, 0.2) is 36.5 Å². The Kier molecular flexibility index (Phi) is 26.7. The predicted octanol–water partition coefficient (Wildman–Crippen LogP) is 9.85. The van der Waals surface area contributed by atoms with Gasteiger partial charge in [0.05, 0.1) is 18.8 Å². The van der Waals surface area contributed by atoms with E-state index in [0.717, 1.165) is 38.0 Å². The molecule has 3 atom stereocenters. The summed E-state index contributed by atoms with van der Waals surface area (Å²) in [6.07, 6.45) is 33.4. The van der Waals surface area contributed by atoms with Crippen molar-refractivity contribution in [1.82, 2.24) is 0 Å². The van der Waals surface area contributed by atoms with Crippen molar-refractivity contribution in [3.8, 4) is 0 Å². The van der Waals surface area contributed by atoms with Crippen LogP contribution in [0.2, 0.25) is 0 Å². The van der Waals surface area contributed by atoms with E-state index in [1.54, 1.807) is 0 Å². The summed E-state index contributed by atoms with van der Waals surface area (Å²) >= 11 is 0. The molecule has 0 amide bonds. The van der Waals surface area contributed by atoms with Gasteiger partial charge in [-0.05, 0) is 50.9 Å². The van der Waals surface area contributed by atoms with Crippen molar-refractivity contribution >= 4 is 19.8 Å². The maximum Gasteiger partial charge on any atom is 0.469 e. The van der Waals surface area contributed by atoms with Crippen LogP contribution < -0.4 is 0 Å². The molecular formula is C38H67O9P. The first-order valence-electron chi connectivity index (χ1n) is 18.8. The second-order valence-electron chi connectivity index (χ2n) is 13.4. The van der Waals surface area contributed by atoms with Crippen LogP contribution in [0.3, 0.4) is 0 Å². The van der Waals surface area contributed by atoms with Gasteiger partial charge >= 0.3 is 19.8 Å². The van der Waals surface area contributed by atoms with Gasteiger partial charge in [-0.3, -0.25) is 14.1 Å². The Bertz CT molecular complexity index is 956. The summed E-state index contributed by atoms with van der Waals surface area (Å²) in [5.74, 6) is -0.173. The van der Waals surface area contributed by atoms with E-state index in [9.17, 15) is 14.2 Å². The van der Waals surface area contributed by atoms with E-state index < -0.39 is 32.5 Å². The van der Waals surface area contributed by atoms with Crippen LogP contribution in [-0.4, -0.2) is 53.3 Å². The average Bonchev–Trinajstić information content (AvgIpc) is 3.79. The number of rotatable bonds is 32. The molecule has 10 heteroatoms. The molecule has 1 aliphatic rings. The first-order chi connectivity index (χ1) is 23.1. The Morgan fingerprint density at radius 3 is 1.98 bits per heavy atom. The molecule has 0 radical (unpaired) electrons. The van der Waals surface area contributed by atoms with E-state index >= 15 is 0 Å². The summed E-state index contributed by atoms with van der Waals surface area (Å²) in [6.45, 7) is 5.88. The molecule has 1 heterocycles. The lowest BCUT2D eigenvalue weighted by molar-refractivity contribution is -0.161. The molecule has 278 valence electrons. The zero-order valence-corrected chi connectivity index (χ0v) is 31.1. The molecule has 1 aliphatic heterocycles. The van der Waals surface area contributed by atoms with Crippen LogP contribution in [0, 0.1) is 5.92 Å². The van der Waals surface area contributed by atoms with Gasteiger partial charge in [0.25, 0.3) is 0 Å². The van der Waals surface area contributed by atoms with Gasteiger partial charge in [-0.2, -0.15) is 0 Å². The van der Waals surface area contributed by atoms with Crippen LogP contribution in [0.4, 0.5) is 0 Å². The molecule has 1 fully saturated rings. The number of esters is 2. The smallest absolute Gasteiger partial charge is 0.462 e. The third-order valence-electron chi connectivity index (χ3n) is 8.26. The van der Waals surface area contributed by atoms with Crippen LogP contribution in [0.1, 0.15) is 156 Å². The van der Waals surface area contributed by atoms with Gasteiger partial charge in [-0.1, -0.05) is 134 Å². The van der Waals surface area contributed by atoms with Crippen molar-refractivity contribution in [3.05, 3.63) is 36.5 Å². The number of hydrogen-bond acceptors (Lipinski definition) is 7. The highest BCUT2D eigenvalue weighted by Crippen LogP contribution is 2.36. The zero-order valence-electron chi connectivity index (χ0n) is 30.2. The molecule has 0 aromatic heterocycles. The standard InChI is InChI=1S/C38H67O9P/c1-4-5-21-27-35-36(47-35)28-23-18-14-10-6-7-11-16-20-25-30-38(40)46-34(32-45-48(41,42)43)31-44-37(39)29-24-19-15-12-8-9-13-17-22-26-33(2)3/h6,10-11,16,18,23,33-36H,4-5,7-9,12-15,17,19-22,24-32H2,1-3H3,(H2,41,42,43)/b10-6-,16-11-,23-18-/t34-,35?,36?/m1/s1. The van der Waals surface area contributed by atoms with Gasteiger partial charge in [-0.25, -0.2) is 4.57 Å². The Balaban J connectivity index is 2.14.